The molecule has 2 amide bonds. The van der Waals surface area contributed by atoms with Crippen LogP contribution in [0.3, 0.4) is 0 Å². The Kier molecular flexibility index (Phi) is 5.65. The van der Waals surface area contributed by atoms with Crippen molar-refractivity contribution in [2.45, 2.75) is 6.42 Å². The minimum absolute atomic E-state index is 0.133. The molecule has 5 nitrogen and oxygen atoms in total. The zero-order chi connectivity index (χ0) is 13.3. The summed E-state index contributed by atoms with van der Waals surface area (Å²) in [4.78, 5) is 14.0. The number of piperazine rings is 1. The molecule has 0 spiro atoms. The van der Waals surface area contributed by atoms with Gasteiger partial charge in [-0.15, -0.1) is 0 Å². The topological polar surface area (TPSA) is 56.4 Å². The van der Waals surface area contributed by atoms with Crippen LogP contribution < -0.4 is 16.0 Å². The van der Waals surface area contributed by atoms with Crippen molar-refractivity contribution in [3.05, 3.63) is 30.3 Å². The maximum Gasteiger partial charge on any atom is 0.319 e. The van der Waals surface area contributed by atoms with Gasteiger partial charge in [-0.25, -0.2) is 4.79 Å². The van der Waals surface area contributed by atoms with Crippen LogP contribution in [0.25, 0.3) is 0 Å². The van der Waals surface area contributed by atoms with Crippen LogP contribution in [0.1, 0.15) is 6.42 Å². The van der Waals surface area contributed by atoms with Crippen LogP contribution in [0.15, 0.2) is 30.3 Å². The molecule has 1 fully saturated rings. The Morgan fingerprint density at radius 1 is 1.21 bits per heavy atom. The molecule has 1 aliphatic heterocycles. The molecule has 104 valence electrons. The molecule has 1 heterocycles. The number of nitrogens with zero attached hydrogens (tertiary/aromatic N) is 1. The number of carbonyl (C=O) groups excluding carboxylic acids is 1. The Morgan fingerprint density at radius 2 is 1.95 bits per heavy atom. The SMILES string of the molecule is O=C(NCCCN1CCNCC1)Nc1ccccc1. The van der Waals surface area contributed by atoms with Gasteiger partial charge >= 0.3 is 6.03 Å². The van der Waals surface area contributed by atoms with Crippen molar-refractivity contribution < 1.29 is 4.79 Å². The lowest BCUT2D eigenvalue weighted by molar-refractivity contribution is 0.234. The van der Waals surface area contributed by atoms with Crippen molar-refractivity contribution in [3.8, 4) is 0 Å². The molecule has 0 bridgehead atoms. The Hall–Kier alpha value is -1.59. The van der Waals surface area contributed by atoms with E-state index in [9.17, 15) is 4.79 Å². The molecular formula is C14H22N4O. The van der Waals surface area contributed by atoms with E-state index in [1.165, 1.54) is 0 Å². The van der Waals surface area contributed by atoms with Crippen molar-refractivity contribution in [2.75, 3.05) is 44.6 Å². The van der Waals surface area contributed by atoms with Gasteiger partial charge in [0.15, 0.2) is 0 Å². The van der Waals surface area contributed by atoms with Crippen LogP contribution in [0.2, 0.25) is 0 Å². The Morgan fingerprint density at radius 3 is 2.68 bits per heavy atom. The smallest absolute Gasteiger partial charge is 0.319 e. The number of amides is 2. The number of nitrogens with one attached hydrogen (secondary N) is 3. The van der Waals surface area contributed by atoms with Gasteiger partial charge in [-0.1, -0.05) is 18.2 Å². The molecule has 0 saturated carbocycles. The van der Waals surface area contributed by atoms with Crippen molar-refractivity contribution in [1.29, 1.82) is 0 Å². The summed E-state index contributed by atoms with van der Waals surface area (Å²) < 4.78 is 0. The first-order chi connectivity index (χ1) is 9.34. The molecule has 1 aliphatic rings. The van der Waals surface area contributed by atoms with E-state index in [1.54, 1.807) is 0 Å². The van der Waals surface area contributed by atoms with Gasteiger partial charge < -0.3 is 20.9 Å². The van der Waals surface area contributed by atoms with Crippen molar-refractivity contribution in [1.82, 2.24) is 15.5 Å². The average molecular weight is 262 g/mol. The van der Waals surface area contributed by atoms with Gasteiger partial charge in [0.2, 0.25) is 0 Å². The third-order valence-corrected chi connectivity index (χ3v) is 3.18. The summed E-state index contributed by atoms with van der Waals surface area (Å²) in [6, 6.07) is 9.35. The van der Waals surface area contributed by atoms with Crippen LogP contribution >= 0.6 is 0 Å². The molecule has 1 saturated heterocycles. The van der Waals surface area contributed by atoms with Crippen LogP contribution in [0.5, 0.6) is 0 Å². The number of urea groups is 1. The molecule has 0 atom stereocenters. The highest BCUT2D eigenvalue weighted by Gasteiger charge is 2.08. The third-order valence-electron chi connectivity index (χ3n) is 3.18. The Balaban J connectivity index is 1.56. The summed E-state index contributed by atoms with van der Waals surface area (Å²) in [5.41, 5.74) is 0.821. The first-order valence-corrected chi connectivity index (χ1v) is 6.87. The fraction of sp³-hybridized carbons (Fsp3) is 0.500. The fourth-order valence-electron chi connectivity index (χ4n) is 2.14. The minimum atomic E-state index is -0.133. The number of para-hydroxylation sites is 1. The number of rotatable bonds is 5. The Labute approximate surface area is 114 Å². The number of hydrogen-bond acceptors (Lipinski definition) is 3. The largest absolute Gasteiger partial charge is 0.338 e. The summed E-state index contributed by atoms with van der Waals surface area (Å²) in [7, 11) is 0. The van der Waals surface area contributed by atoms with Gasteiger partial charge in [-0.05, 0) is 25.1 Å². The van der Waals surface area contributed by atoms with Gasteiger partial charge in [-0.3, -0.25) is 0 Å². The zero-order valence-corrected chi connectivity index (χ0v) is 11.2. The standard InChI is InChI=1S/C14H22N4O/c19-14(17-13-5-2-1-3-6-13)16-7-4-10-18-11-8-15-9-12-18/h1-3,5-6,15H,4,7-12H2,(H2,16,17,19). The van der Waals surface area contributed by atoms with E-state index in [0.717, 1.165) is 44.8 Å². The second kappa shape index (κ2) is 7.76. The summed E-state index contributed by atoms with van der Waals surface area (Å²) >= 11 is 0. The monoisotopic (exact) mass is 262 g/mol. The lowest BCUT2D eigenvalue weighted by Gasteiger charge is -2.27. The maximum absolute atomic E-state index is 11.6. The van der Waals surface area contributed by atoms with Crippen molar-refractivity contribution >= 4 is 11.7 Å². The first kappa shape index (κ1) is 13.8. The zero-order valence-electron chi connectivity index (χ0n) is 11.2. The van der Waals surface area contributed by atoms with Crippen LogP contribution in [-0.4, -0.2) is 50.2 Å². The molecule has 1 aromatic carbocycles. The fourth-order valence-corrected chi connectivity index (χ4v) is 2.14. The predicted molar refractivity (Wildman–Crippen MR) is 77.4 cm³/mol. The number of hydrogen-bond donors (Lipinski definition) is 3. The van der Waals surface area contributed by atoms with Gasteiger partial charge in [0, 0.05) is 38.4 Å². The van der Waals surface area contributed by atoms with E-state index in [0.29, 0.717) is 6.54 Å². The molecule has 0 radical (unpaired) electrons. The van der Waals surface area contributed by atoms with E-state index in [-0.39, 0.29) is 6.03 Å². The molecule has 19 heavy (non-hydrogen) atoms. The van der Waals surface area contributed by atoms with E-state index < -0.39 is 0 Å². The second-order valence-electron chi connectivity index (χ2n) is 4.69. The summed E-state index contributed by atoms with van der Waals surface area (Å²) in [5.74, 6) is 0. The van der Waals surface area contributed by atoms with E-state index in [4.69, 9.17) is 0 Å². The predicted octanol–water partition coefficient (Wildman–Crippen LogP) is 1.10. The van der Waals surface area contributed by atoms with Gasteiger partial charge in [0.1, 0.15) is 0 Å². The van der Waals surface area contributed by atoms with E-state index in [2.05, 4.69) is 20.9 Å². The normalized spacial score (nSPS) is 16.0. The minimum Gasteiger partial charge on any atom is -0.338 e. The highest BCUT2D eigenvalue weighted by molar-refractivity contribution is 5.89. The first-order valence-electron chi connectivity index (χ1n) is 6.87. The van der Waals surface area contributed by atoms with Gasteiger partial charge in [0.25, 0.3) is 0 Å². The van der Waals surface area contributed by atoms with Crippen LogP contribution in [-0.2, 0) is 0 Å². The lowest BCUT2D eigenvalue weighted by atomic mass is 10.3. The molecule has 2 rings (SSSR count). The van der Waals surface area contributed by atoms with Gasteiger partial charge in [-0.2, -0.15) is 0 Å². The molecule has 3 N–H and O–H groups in total. The lowest BCUT2D eigenvalue weighted by Crippen LogP contribution is -2.44. The van der Waals surface area contributed by atoms with Crippen molar-refractivity contribution in [3.63, 3.8) is 0 Å². The molecule has 0 unspecified atom stereocenters. The molecule has 0 aromatic heterocycles. The average Bonchev–Trinajstić information content (AvgIpc) is 2.46. The number of anilines is 1. The molecule has 0 aliphatic carbocycles. The summed E-state index contributed by atoms with van der Waals surface area (Å²) in [5, 5.41) is 9.01. The van der Waals surface area contributed by atoms with Crippen LogP contribution in [0.4, 0.5) is 10.5 Å². The number of carbonyl (C=O) groups is 1. The number of benzene rings is 1. The van der Waals surface area contributed by atoms with E-state index >= 15 is 0 Å². The second-order valence-corrected chi connectivity index (χ2v) is 4.69. The highest BCUT2D eigenvalue weighted by Crippen LogP contribution is 2.04. The van der Waals surface area contributed by atoms with Crippen LogP contribution in [0, 0.1) is 0 Å². The summed E-state index contributed by atoms with van der Waals surface area (Å²) in [6.45, 7) is 6.12. The summed E-state index contributed by atoms with van der Waals surface area (Å²) in [6.07, 6.45) is 0.988. The quantitative estimate of drug-likeness (QED) is 0.697. The molecular weight excluding hydrogens is 240 g/mol. The van der Waals surface area contributed by atoms with Gasteiger partial charge in [0.05, 0.1) is 0 Å². The highest BCUT2D eigenvalue weighted by atomic mass is 16.2. The van der Waals surface area contributed by atoms with Crippen molar-refractivity contribution in [2.24, 2.45) is 0 Å². The molecule has 5 heteroatoms. The Bertz CT molecular complexity index is 376. The van der Waals surface area contributed by atoms with E-state index in [1.807, 2.05) is 30.3 Å². The maximum atomic E-state index is 11.6. The molecule has 1 aromatic rings. The third kappa shape index (κ3) is 5.28.